The van der Waals surface area contributed by atoms with E-state index in [1.54, 1.807) is 29.2 Å². The first-order valence-electron chi connectivity index (χ1n) is 9.61. The summed E-state index contributed by atoms with van der Waals surface area (Å²) in [5, 5.41) is 0.421. The molecule has 7 nitrogen and oxygen atoms in total. The van der Waals surface area contributed by atoms with Gasteiger partial charge in [0.25, 0.3) is 5.56 Å². The normalized spacial score (nSPS) is 16.6. The molecule has 0 aliphatic carbocycles. The van der Waals surface area contributed by atoms with Crippen molar-refractivity contribution in [3.05, 3.63) is 70.8 Å². The van der Waals surface area contributed by atoms with Gasteiger partial charge in [0.2, 0.25) is 11.8 Å². The molecule has 0 bridgehead atoms. The number of para-hydroxylation sites is 1. The van der Waals surface area contributed by atoms with E-state index in [-0.39, 0.29) is 30.3 Å². The van der Waals surface area contributed by atoms with Gasteiger partial charge in [-0.25, -0.2) is 9.66 Å². The molecule has 1 unspecified atom stereocenters. The fraction of sp³-hybridized carbons (Fsp3) is 0.273. The Hall–Kier alpha value is -3.48. The van der Waals surface area contributed by atoms with Crippen molar-refractivity contribution < 1.29 is 9.59 Å². The van der Waals surface area contributed by atoms with E-state index in [0.717, 1.165) is 15.9 Å². The van der Waals surface area contributed by atoms with Crippen molar-refractivity contribution in [2.24, 2.45) is 5.92 Å². The topological polar surface area (TPSA) is 84.3 Å². The molecule has 1 aliphatic rings. The van der Waals surface area contributed by atoms with Crippen LogP contribution in [0, 0.1) is 5.92 Å². The number of hydrogen-bond acceptors (Lipinski definition) is 4. The number of carbonyl (C=O) groups is 2. The molecule has 1 aliphatic heterocycles. The number of amides is 2. The van der Waals surface area contributed by atoms with Gasteiger partial charge in [-0.2, -0.15) is 0 Å². The van der Waals surface area contributed by atoms with Gasteiger partial charge in [0.15, 0.2) is 0 Å². The van der Waals surface area contributed by atoms with Crippen LogP contribution in [0.1, 0.15) is 31.7 Å². The summed E-state index contributed by atoms with van der Waals surface area (Å²) < 4.78 is 1.08. The van der Waals surface area contributed by atoms with Crippen LogP contribution in [0.3, 0.4) is 0 Å². The Labute approximate surface area is 167 Å². The van der Waals surface area contributed by atoms with Crippen LogP contribution in [-0.2, 0) is 9.59 Å². The molecule has 1 fully saturated rings. The summed E-state index contributed by atoms with van der Waals surface area (Å²) in [5.41, 5.74) is 4.73. The Balaban J connectivity index is 1.52. The Morgan fingerprint density at radius 2 is 1.93 bits per heavy atom. The molecule has 0 spiro atoms. The van der Waals surface area contributed by atoms with E-state index in [9.17, 15) is 14.4 Å². The van der Waals surface area contributed by atoms with Gasteiger partial charge >= 0.3 is 0 Å². The molecule has 2 aromatic carbocycles. The molecule has 3 aromatic rings. The molecule has 148 valence electrons. The van der Waals surface area contributed by atoms with Crippen molar-refractivity contribution in [3.63, 3.8) is 0 Å². The van der Waals surface area contributed by atoms with E-state index < -0.39 is 5.92 Å². The van der Waals surface area contributed by atoms with Crippen LogP contribution in [0.2, 0.25) is 0 Å². The van der Waals surface area contributed by atoms with Crippen molar-refractivity contribution in [1.29, 1.82) is 0 Å². The van der Waals surface area contributed by atoms with Gasteiger partial charge in [0.05, 0.1) is 16.8 Å². The molecular formula is C22H22N4O3. The van der Waals surface area contributed by atoms with Gasteiger partial charge in [-0.05, 0) is 35.7 Å². The highest BCUT2D eigenvalue weighted by Gasteiger charge is 2.35. The summed E-state index contributed by atoms with van der Waals surface area (Å²) in [5.74, 6) is -0.669. The van der Waals surface area contributed by atoms with E-state index in [4.69, 9.17) is 0 Å². The first-order valence-corrected chi connectivity index (χ1v) is 9.61. The van der Waals surface area contributed by atoms with E-state index in [1.807, 2.05) is 24.3 Å². The van der Waals surface area contributed by atoms with Gasteiger partial charge in [0.1, 0.15) is 6.33 Å². The van der Waals surface area contributed by atoms with Gasteiger partial charge in [-0.1, -0.05) is 38.1 Å². The molecule has 4 rings (SSSR count). The number of aromatic nitrogens is 2. The molecule has 29 heavy (non-hydrogen) atoms. The lowest BCUT2D eigenvalue weighted by Crippen LogP contribution is -2.37. The quantitative estimate of drug-likeness (QED) is 0.742. The number of carbonyl (C=O) groups excluding carboxylic acids is 2. The summed E-state index contributed by atoms with van der Waals surface area (Å²) >= 11 is 0. The number of fused-ring (bicyclic) bond motifs is 1. The second-order valence-corrected chi connectivity index (χ2v) is 7.57. The molecule has 1 atom stereocenters. The summed E-state index contributed by atoms with van der Waals surface area (Å²) in [6.45, 7) is 4.47. The molecule has 0 radical (unpaired) electrons. The number of rotatable bonds is 4. The third-order valence-corrected chi connectivity index (χ3v) is 5.24. The second-order valence-electron chi connectivity index (χ2n) is 7.57. The highest BCUT2D eigenvalue weighted by molar-refractivity contribution is 6.01. The third-order valence-electron chi connectivity index (χ3n) is 5.24. The minimum absolute atomic E-state index is 0.102. The summed E-state index contributed by atoms with van der Waals surface area (Å²) in [7, 11) is 0. The van der Waals surface area contributed by atoms with Crippen LogP contribution < -0.4 is 15.9 Å². The summed E-state index contributed by atoms with van der Waals surface area (Å²) in [4.78, 5) is 43.6. The van der Waals surface area contributed by atoms with E-state index in [1.165, 1.54) is 6.33 Å². The number of hydrogen-bond donors (Lipinski definition) is 1. The van der Waals surface area contributed by atoms with Crippen LogP contribution in [-0.4, -0.2) is 28.0 Å². The molecule has 2 amide bonds. The van der Waals surface area contributed by atoms with Crippen LogP contribution in [0.4, 0.5) is 5.69 Å². The number of benzene rings is 2. The van der Waals surface area contributed by atoms with Gasteiger partial charge in [-0.15, -0.1) is 0 Å². The van der Waals surface area contributed by atoms with E-state index >= 15 is 0 Å². The predicted octanol–water partition coefficient (Wildman–Crippen LogP) is 2.64. The average Bonchev–Trinajstić information content (AvgIpc) is 3.12. The Bertz CT molecular complexity index is 1150. The van der Waals surface area contributed by atoms with Crippen LogP contribution in [0.15, 0.2) is 59.7 Å². The lowest BCUT2D eigenvalue weighted by atomic mass is 10.0. The Morgan fingerprint density at radius 1 is 1.14 bits per heavy atom. The highest BCUT2D eigenvalue weighted by atomic mass is 16.2. The minimum Gasteiger partial charge on any atom is -0.312 e. The maximum absolute atomic E-state index is 12.7. The zero-order valence-corrected chi connectivity index (χ0v) is 16.3. The highest BCUT2D eigenvalue weighted by Crippen LogP contribution is 2.28. The molecule has 1 N–H and O–H groups in total. The van der Waals surface area contributed by atoms with Crippen molar-refractivity contribution in [3.8, 4) is 0 Å². The standard InChI is InChI=1S/C22H22N4O3/c1-14(2)15-6-5-7-17(10-15)25-12-16(11-20(25)27)21(28)24-26-13-23-19-9-4-3-8-18(19)22(26)29/h3-10,13-14,16H,11-12H2,1-2H3,(H,24,28). The van der Waals surface area contributed by atoms with Crippen molar-refractivity contribution in [1.82, 2.24) is 9.66 Å². The Kier molecular flexibility index (Phi) is 4.88. The minimum atomic E-state index is -0.538. The molecular weight excluding hydrogens is 368 g/mol. The fourth-order valence-corrected chi connectivity index (χ4v) is 3.54. The van der Waals surface area contributed by atoms with Gasteiger partial charge in [-0.3, -0.25) is 19.8 Å². The molecule has 2 heterocycles. The molecule has 7 heteroatoms. The van der Waals surface area contributed by atoms with Crippen molar-refractivity contribution in [2.45, 2.75) is 26.2 Å². The van der Waals surface area contributed by atoms with E-state index in [2.05, 4.69) is 24.3 Å². The first kappa shape index (κ1) is 18.9. The second kappa shape index (κ2) is 7.50. The van der Waals surface area contributed by atoms with Crippen LogP contribution >= 0.6 is 0 Å². The van der Waals surface area contributed by atoms with Gasteiger partial charge < -0.3 is 4.90 Å². The predicted molar refractivity (Wildman–Crippen MR) is 111 cm³/mol. The average molecular weight is 390 g/mol. The molecule has 1 saturated heterocycles. The number of anilines is 1. The van der Waals surface area contributed by atoms with E-state index in [0.29, 0.717) is 16.8 Å². The van der Waals surface area contributed by atoms with Crippen LogP contribution in [0.5, 0.6) is 0 Å². The summed E-state index contributed by atoms with van der Waals surface area (Å²) in [6, 6.07) is 14.8. The van der Waals surface area contributed by atoms with Crippen LogP contribution in [0.25, 0.3) is 10.9 Å². The lowest BCUT2D eigenvalue weighted by molar-refractivity contribution is -0.123. The SMILES string of the molecule is CC(C)c1cccc(N2CC(C(=O)Nn3cnc4ccccc4c3=O)CC2=O)c1. The van der Waals surface area contributed by atoms with Gasteiger partial charge in [0, 0.05) is 18.7 Å². The third kappa shape index (κ3) is 3.63. The zero-order chi connectivity index (χ0) is 20.5. The number of nitrogens with zero attached hydrogens (tertiary/aromatic N) is 3. The largest absolute Gasteiger partial charge is 0.312 e. The van der Waals surface area contributed by atoms with Crippen molar-refractivity contribution in [2.75, 3.05) is 16.9 Å². The maximum Gasteiger partial charge on any atom is 0.280 e. The monoisotopic (exact) mass is 390 g/mol. The number of nitrogens with one attached hydrogen (secondary N) is 1. The molecule has 1 aromatic heterocycles. The summed E-state index contributed by atoms with van der Waals surface area (Å²) in [6.07, 6.45) is 1.40. The first-order chi connectivity index (χ1) is 13.9. The molecule has 0 saturated carbocycles. The lowest BCUT2D eigenvalue weighted by Gasteiger charge is -2.18. The zero-order valence-electron chi connectivity index (χ0n) is 16.3. The fourth-order valence-electron chi connectivity index (χ4n) is 3.54. The Morgan fingerprint density at radius 3 is 2.72 bits per heavy atom. The maximum atomic E-state index is 12.7. The smallest absolute Gasteiger partial charge is 0.280 e. The van der Waals surface area contributed by atoms with Crippen molar-refractivity contribution >= 4 is 28.4 Å².